The molecular weight excluding hydrogens is 250 g/mol. The summed E-state index contributed by atoms with van der Waals surface area (Å²) in [5.41, 5.74) is 2.57. The maximum absolute atomic E-state index is 9.23. The lowest BCUT2D eigenvalue weighted by molar-refractivity contribution is 0.196. The van der Waals surface area contributed by atoms with E-state index in [1.807, 2.05) is 11.7 Å². The highest BCUT2D eigenvalue weighted by atomic mass is 16.3. The summed E-state index contributed by atoms with van der Waals surface area (Å²) in [6.07, 6.45) is 2.86. The van der Waals surface area contributed by atoms with Crippen LogP contribution in [0.25, 0.3) is 0 Å². The summed E-state index contributed by atoms with van der Waals surface area (Å²) < 4.78 is 1.88. The Balaban J connectivity index is 2.83. The fraction of sp³-hybridized carbons (Fsp3) is 0.812. The molecule has 0 spiro atoms. The molecule has 0 saturated heterocycles. The van der Waals surface area contributed by atoms with Gasteiger partial charge in [0.1, 0.15) is 0 Å². The fourth-order valence-electron chi connectivity index (χ4n) is 2.50. The van der Waals surface area contributed by atoms with E-state index in [1.54, 1.807) is 0 Å². The lowest BCUT2D eigenvalue weighted by Crippen LogP contribution is -2.40. The van der Waals surface area contributed by atoms with E-state index in [0.717, 1.165) is 18.7 Å². The Hall–Kier alpha value is -0.870. The lowest BCUT2D eigenvalue weighted by atomic mass is 9.84. The van der Waals surface area contributed by atoms with Gasteiger partial charge in [0.25, 0.3) is 0 Å². The molecule has 0 aliphatic rings. The van der Waals surface area contributed by atoms with Gasteiger partial charge in [-0.2, -0.15) is 5.10 Å². The van der Waals surface area contributed by atoms with E-state index in [4.69, 9.17) is 0 Å². The van der Waals surface area contributed by atoms with Crippen LogP contribution < -0.4 is 5.32 Å². The number of rotatable bonds is 5. The summed E-state index contributed by atoms with van der Waals surface area (Å²) in [6.45, 7) is 14.2. The lowest BCUT2D eigenvalue weighted by Gasteiger charge is -2.31. The van der Waals surface area contributed by atoms with Crippen LogP contribution in [0, 0.1) is 5.41 Å². The third-order valence-corrected chi connectivity index (χ3v) is 3.62. The first-order valence-electron chi connectivity index (χ1n) is 7.43. The fourth-order valence-corrected chi connectivity index (χ4v) is 2.50. The highest BCUT2D eigenvalue weighted by molar-refractivity contribution is 5.24. The number of aliphatic hydroxyl groups excluding tert-OH is 1. The van der Waals surface area contributed by atoms with Gasteiger partial charge in [-0.1, -0.05) is 41.5 Å². The van der Waals surface area contributed by atoms with Crippen LogP contribution >= 0.6 is 0 Å². The zero-order valence-corrected chi connectivity index (χ0v) is 14.1. The second kappa shape index (κ2) is 6.27. The van der Waals surface area contributed by atoms with Crippen molar-refractivity contribution in [3.63, 3.8) is 0 Å². The molecule has 0 amide bonds. The van der Waals surface area contributed by atoms with Gasteiger partial charge in [0.15, 0.2) is 0 Å². The Morgan fingerprint density at radius 3 is 2.30 bits per heavy atom. The Kier molecular flexibility index (Phi) is 5.39. The summed E-state index contributed by atoms with van der Waals surface area (Å²) in [7, 11) is 1.97. The zero-order valence-electron chi connectivity index (χ0n) is 14.1. The molecule has 0 bridgehead atoms. The molecule has 4 nitrogen and oxygen atoms in total. The van der Waals surface area contributed by atoms with Crippen LogP contribution in [0.1, 0.15) is 59.2 Å². The minimum atomic E-state index is 0.0481. The Morgan fingerprint density at radius 2 is 1.85 bits per heavy atom. The largest absolute Gasteiger partial charge is 0.396 e. The maximum Gasteiger partial charge on any atom is 0.0722 e. The van der Waals surface area contributed by atoms with Gasteiger partial charge in [-0.25, -0.2) is 0 Å². The van der Waals surface area contributed by atoms with Gasteiger partial charge in [0, 0.05) is 43.4 Å². The summed E-state index contributed by atoms with van der Waals surface area (Å²) in [4.78, 5) is 0. The SMILES string of the molecule is Cn1cc(CNC(CCO)C(C)(C)C)c(C(C)(C)C)n1. The summed E-state index contributed by atoms with van der Waals surface area (Å²) in [6, 6.07) is 0.292. The maximum atomic E-state index is 9.23. The quantitative estimate of drug-likeness (QED) is 0.872. The van der Waals surface area contributed by atoms with Crippen molar-refractivity contribution in [2.75, 3.05) is 6.61 Å². The molecule has 1 unspecified atom stereocenters. The molecule has 0 radical (unpaired) electrons. The van der Waals surface area contributed by atoms with Crippen LogP contribution in [-0.2, 0) is 19.0 Å². The molecule has 0 aromatic carbocycles. The van der Waals surface area contributed by atoms with Crippen molar-refractivity contribution >= 4 is 0 Å². The number of aryl methyl sites for hydroxylation is 1. The number of hydrogen-bond donors (Lipinski definition) is 2. The van der Waals surface area contributed by atoms with Crippen molar-refractivity contribution in [3.05, 3.63) is 17.5 Å². The Labute approximate surface area is 123 Å². The average Bonchev–Trinajstić information content (AvgIpc) is 2.64. The zero-order chi connectivity index (χ0) is 15.6. The van der Waals surface area contributed by atoms with Crippen molar-refractivity contribution in [2.45, 2.75) is 66.0 Å². The molecule has 1 aromatic rings. The smallest absolute Gasteiger partial charge is 0.0722 e. The minimum absolute atomic E-state index is 0.0481. The van der Waals surface area contributed by atoms with Gasteiger partial charge in [0.05, 0.1) is 5.69 Å². The Bertz CT molecular complexity index is 424. The van der Waals surface area contributed by atoms with Crippen LogP contribution in [0.5, 0.6) is 0 Å². The van der Waals surface area contributed by atoms with Crippen molar-refractivity contribution in [2.24, 2.45) is 12.5 Å². The van der Waals surface area contributed by atoms with Gasteiger partial charge in [-0.3, -0.25) is 4.68 Å². The van der Waals surface area contributed by atoms with Crippen molar-refractivity contribution in [1.82, 2.24) is 15.1 Å². The normalized spacial score (nSPS) is 14.6. The first-order chi connectivity index (χ1) is 9.05. The summed E-state index contributed by atoms with van der Waals surface area (Å²) >= 11 is 0. The van der Waals surface area contributed by atoms with E-state index in [0.29, 0.717) is 6.04 Å². The standard InChI is InChI=1S/C16H31N3O/c1-15(2,3)13(8-9-20)17-10-12-11-19(7)18-14(12)16(4,5)6/h11,13,17,20H,8-10H2,1-7H3. The Morgan fingerprint density at radius 1 is 1.25 bits per heavy atom. The molecule has 116 valence electrons. The molecule has 0 aliphatic heterocycles. The predicted octanol–water partition coefficient (Wildman–Crippen LogP) is 2.60. The van der Waals surface area contributed by atoms with Crippen LogP contribution in [-0.4, -0.2) is 27.5 Å². The molecule has 0 aliphatic carbocycles. The third-order valence-electron chi connectivity index (χ3n) is 3.62. The van der Waals surface area contributed by atoms with Crippen molar-refractivity contribution in [3.8, 4) is 0 Å². The first-order valence-corrected chi connectivity index (χ1v) is 7.43. The van der Waals surface area contributed by atoms with E-state index in [-0.39, 0.29) is 17.4 Å². The predicted molar refractivity (Wildman–Crippen MR) is 83.7 cm³/mol. The summed E-state index contributed by atoms with van der Waals surface area (Å²) in [5, 5.41) is 17.4. The monoisotopic (exact) mass is 281 g/mol. The number of hydrogen-bond acceptors (Lipinski definition) is 3. The second-order valence-corrected chi connectivity index (χ2v) is 7.74. The molecule has 20 heavy (non-hydrogen) atoms. The van der Waals surface area contributed by atoms with Gasteiger partial charge in [-0.05, 0) is 11.8 Å². The van der Waals surface area contributed by atoms with Gasteiger partial charge in [-0.15, -0.1) is 0 Å². The average molecular weight is 281 g/mol. The molecule has 0 saturated carbocycles. The highest BCUT2D eigenvalue weighted by Crippen LogP contribution is 2.26. The molecule has 1 rings (SSSR count). The van der Waals surface area contributed by atoms with Crippen LogP contribution in [0.2, 0.25) is 0 Å². The summed E-state index contributed by atoms with van der Waals surface area (Å²) in [5.74, 6) is 0. The van der Waals surface area contributed by atoms with E-state index in [2.05, 4.69) is 58.2 Å². The third kappa shape index (κ3) is 4.60. The molecule has 1 aromatic heterocycles. The molecule has 2 N–H and O–H groups in total. The second-order valence-electron chi connectivity index (χ2n) is 7.74. The van der Waals surface area contributed by atoms with Crippen molar-refractivity contribution in [1.29, 1.82) is 0 Å². The van der Waals surface area contributed by atoms with E-state index in [9.17, 15) is 5.11 Å². The van der Waals surface area contributed by atoms with Gasteiger partial charge >= 0.3 is 0 Å². The number of nitrogens with one attached hydrogen (secondary N) is 1. The molecule has 1 heterocycles. The van der Waals surface area contributed by atoms with E-state index in [1.165, 1.54) is 5.56 Å². The first kappa shape index (κ1) is 17.2. The molecule has 4 heteroatoms. The molecule has 1 atom stereocenters. The topological polar surface area (TPSA) is 50.1 Å². The minimum Gasteiger partial charge on any atom is -0.396 e. The van der Waals surface area contributed by atoms with Crippen LogP contribution in [0.15, 0.2) is 6.20 Å². The van der Waals surface area contributed by atoms with Crippen LogP contribution in [0.4, 0.5) is 0 Å². The van der Waals surface area contributed by atoms with Gasteiger partial charge in [0.2, 0.25) is 0 Å². The van der Waals surface area contributed by atoms with E-state index >= 15 is 0 Å². The number of nitrogens with zero attached hydrogens (tertiary/aromatic N) is 2. The molecular formula is C16H31N3O. The van der Waals surface area contributed by atoms with Gasteiger partial charge < -0.3 is 10.4 Å². The van der Waals surface area contributed by atoms with Crippen LogP contribution in [0.3, 0.4) is 0 Å². The molecule has 0 fully saturated rings. The van der Waals surface area contributed by atoms with Crippen molar-refractivity contribution < 1.29 is 5.11 Å². The highest BCUT2D eigenvalue weighted by Gasteiger charge is 2.26. The number of aromatic nitrogens is 2. The number of aliphatic hydroxyl groups is 1. The van der Waals surface area contributed by atoms with E-state index < -0.39 is 0 Å².